The van der Waals surface area contributed by atoms with E-state index in [-0.39, 0.29) is 5.41 Å². The molecule has 1 aromatic carbocycles. The molecule has 0 fully saturated rings. The summed E-state index contributed by atoms with van der Waals surface area (Å²) in [6, 6.07) is 5.55. The van der Waals surface area contributed by atoms with E-state index in [0.717, 1.165) is 22.9 Å². The zero-order valence-electron chi connectivity index (χ0n) is 14.1. The maximum absolute atomic E-state index is 11.2. The first kappa shape index (κ1) is 19.7. The van der Waals surface area contributed by atoms with Gasteiger partial charge in [-0.05, 0) is 35.7 Å². The molecule has 0 amide bonds. The van der Waals surface area contributed by atoms with Crippen molar-refractivity contribution in [2.75, 3.05) is 0 Å². The molecule has 0 spiro atoms. The van der Waals surface area contributed by atoms with E-state index >= 15 is 0 Å². The van der Waals surface area contributed by atoms with Gasteiger partial charge in [0, 0.05) is 4.90 Å². The number of thioether (sulfide) groups is 1. The Morgan fingerprint density at radius 2 is 1.78 bits per heavy atom. The molecule has 0 aromatic heterocycles. The van der Waals surface area contributed by atoms with E-state index in [1.54, 1.807) is 6.07 Å². The smallest absolute Gasteiger partial charge is 0.328 e. The molecule has 23 heavy (non-hydrogen) atoms. The van der Waals surface area contributed by atoms with Crippen LogP contribution in [0, 0.1) is 0 Å². The van der Waals surface area contributed by atoms with Crippen LogP contribution in [-0.2, 0) is 26.0 Å². The van der Waals surface area contributed by atoms with Crippen molar-refractivity contribution in [3.05, 3.63) is 29.3 Å². The molecular formula is C16H24O5SSi. The summed E-state index contributed by atoms with van der Waals surface area (Å²) in [7, 11) is -1.19. The van der Waals surface area contributed by atoms with Crippen LogP contribution in [0.3, 0.4) is 0 Å². The van der Waals surface area contributed by atoms with Crippen molar-refractivity contribution in [3.8, 4) is 0 Å². The molecule has 0 heterocycles. The Hall–Kier alpha value is -1.31. The number of hydrogen-bond donors (Lipinski definition) is 2. The maximum atomic E-state index is 11.2. The molecule has 2 N–H and O–H groups in total. The van der Waals surface area contributed by atoms with E-state index in [0.29, 0.717) is 11.5 Å². The first-order valence-electron chi connectivity index (χ1n) is 7.40. The molecule has 0 saturated heterocycles. The van der Waals surface area contributed by atoms with E-state index in [4.69, 9.17) is 14.6 Å². The van der Waals surface area contributed by atoms with E-state index in [1.807, 2.05) is 32.9 Å². The predicted molar refractivity (Wildman–Crippen MR) is 93.7 cm³/mol. The summed E-state index contributed by atoms with van der Waals surface area (Å²) in [6.45, 7) is 10.7. The summed E-state index contributed by atoms with van der Waals surface area (Å²) in [5.41, 5.74) is 1.69. The summed E-state index contributed by atoms with van der Waals surface area (Å²) in [5.74, 6) is -2.70. The first-order chi connectivity index (χ1) is 10.5. The van der Waals surface area contributed by atoms with Crippen molar-refractivity contribution in [2.45, 2.75) is 56.0 Å². The Morgan fingerprint density at radius 3 is 2.22 bits per heavy atom. The summed E-state index contributed by atoms with van der Waals surface area (Å²) in [4.78, 5) is 23.1. The van der Waals surface area contributed by atoms with Crippen LogP contribution in [0.1, 0.15) is 31.9 Å². The molecule has 128 valence electrons. The number of carboxylic acids is 2. The van der Waals surface area contributed by atoms with Crippen molar-refractivity contribution in [1.29, 1.82) is 0 Å². The molecule has 0 saturated carbocycles. The zero-order chi connectivity index (χ0) is 17.8. The molecule has 0 aliphatic heterocycles. The summed E-state index contributed by atoms with van der Waals surface area (Å²) < 4.78 is 5.82. The lowest BCUT2D eigenvalue weighted by atomic mass is 9.84. The third-order valence-electron chi connectivity index (χ3n) is 3.13. The van der Waals surface area contributed by atoms with Gasteiger partial charge in [-0.3, -0.25) is 9.59 Å². The summed E-state index contributed by atoms with van der Waals surface area (Å²) >= 11 is 0.864. The van der Waals surface area contributed by atoms with Crippen LogP contribution in [0.4, 0.5) is 0 Å². The maximum Gasteiger partial charge on any atom is 0.328 e. The Balaban J connectivity index is 3.28. The number of rotatable bonds is 7. The van der Waals surface area contributed by atoms with Crippen LogP contribution in [0.25, 0.3) is 0 Å². The van der Waals surface area contributed by atoms with E-state index in [2.05, 4.69) is 13.1 Å². The predicted octanol–water partition coefficient (Wildman–Crippen LogP) is 3.11. The van der Waals surface area contributed by atoms with Gasteiger partial charge < -0.3 is 14.6 Å². The van der Waals surface area contributed by atoms with E-state index in [1.165, 1.54) is 0 Å². The fraction of sp³-hybridized carbons (Fsp3) is 0.500. The second-order valence-corrected chi connectivity index (χ2v) is 10.2. The van der Waals surface area contributed by atoms with Crippen LogP contribution >= 0.6 is 11.8 Å². The number of hydrogen-bond acceptors (Lipinski definition) is 4. The van der Waals surface area contributed by atoms with Gasteiger partial charge in [-0.1, -0.05) is 44.7 Å². The third-order valence-corrected chi connectivity index (χ3v) is 5.19. The fourth-order valence-electron chi connectivity index (χ4n) is 2.24. The molecule has 0 aliphatic rings. The normalized spacial score (nSPS) is 12.0. The number of benzene rings is 1. The van der Waals surface area contributed by atoms with Gasteiger partial charge >= 0.3 is 11.9 Å². The number of aliphatic carboxylic acids is 2. The van der Waals surface area contributed by atoms with E-state index in [9.17, 15) is 9.59 Å². The minimum absolute atomic E-state index is 0.248. The van der Waals surface area contributed by atoms with Gasteiger partial charge in [-0.2, -0.15) is 0 Å². The minimum Gasteiger partial charge on any atom is -0.480 e. The van der Waals surface area contributed by atoms with Gasteiger partial charge in [-0.15, -0.1) is 0 Å². The van der Waals surface area contributed by atoms with Crippen LogP contribution in [0.5, 0.6) is 0 Å². The lowest BCUT2D eigenvalue weighted by Gasteiger charge is -2.27. The van der Waals surface area contributed by atoms with Crippen molar-refractivity contribution >= 4 is 32.7 Å². The second kappa shape index (κ2) is 7.99. The Morgan fingerprint density at radius 1 is 1.22 bits per heavy atom. The largest absolute Gasteiger partial charge is 0.480 e. The quantitative estimate of drug-likeness (QED) is 0.444. The second-order valence-electron chi connectivity index (χ2n) is 6.57. The first-order valence-corrected chi connectivity index (χ1v) is 11.1. The van der Waals surface area contributed by atoms with Crippen molar-refractivity contribution < 1.29 is 24.2 Å². The van der Waals surface area contributed by atoms with Crippen LogP contribution in [0.15, 0.2) is 23.1 Å². The van der Waals surface area contributed by atoms with Gasteiger partial charge in [-0.25, -0.2) is 0 Å². The fourth-order valence-corrected chi connectivity index (χ4v) is 3.92. The third kappa shape index (κ3) is 5.67. The summed E-state index contributed by atoms with van der Waals surface area (Å²) in [5, 5.41) is 16.7. The van der Waals surface area contributed by atoms with Gasteiger partial charge in [0.25, 0.3) is 0 Å². The summed E-state index contributed by atoms with van der Waals surface area (Å²) in [6.07, 6.45) is 0. The minimum atomic E-state index is -1.52. The van der Waals surface area contributed by atoms with Crippen molar-refractivity contribution in [1.82, 2.24) is 0 Å². The van der Waals surface area contributed by atoms with Gasteiger partial charge in [0.2, 0.25) is 5.25 Å². The van der Waals surface area contributed by atoms with Gasteiger partial charge in [0.15, 0.2) is 9.04 Å². The van der Waals surface area contributed by atoms with Crippen LogP contribution < -0.4 is 0 Å². The lowest BCUT2D eigenvalue weighted by molar-refractivity contribution is -0.146. The van der Waals surface area contributed by atoms with Gasteiger partial charge in [0.1, 0.15) is 0 Å². The average molecular weight is 357 g/mol. The highest BCUT2D eigenvalue weighted by atomic mass is 32.2. The molecule has 0 bridgehead atoms. The Kier molecular flexibility index (Phi) is 6.85. The molecule has 7 heteroatoms. The van der Waals surface area contributed by atoms with Crippen molar-refractivity contribution in [3.63, 3.8) is 0 Å². The molecule has 0 atom stereocenters. The van der Waals surface area contributed by atoms with E-state index < -0.39 is 26.2 Å². The SMILES string of the molecule is C[SiH](C)OCc1cccc(SC(C(=O)O)C(=O)O)c1C(C)(C)C. The van der Waals surface area contributed by atoms with Crippen LogP contribution in [0.2, 0.25) is 13.1 Å². The molecule has 1 rings (SSSR count). The molecule has 0 unspecified atom stereocenters. The monoisotopic (exact) mass is 356 g/mol. The molecular weight excluding hydrogens is 332 g/mol. The standard InChI is InChI=1S/C16H24O5SSi/c1-16(2,3)12-10(9-21-23(4)5)7-6-8-11(12)22-13(14(17)18)15(19)20/h6-8,13,23H,9H2,1-5H3,(H,17,18)(H,19,20). The number of carboxylic acid groups (broad SMARTS) is 2. The Bertz CT molecular complexity index is 566. The molecule has 5 nitrogen and oxygen atoms in total. The Labute approximate surface area is 142 Å². The van der Waals surface area contributed by atoms with Gasteiger partial charge in [0.05, 0.1) is 6.61 Å². The highest BCUT2D eigenvalue weighted by Crippen LogP contribution is 2.37. The average Bonchev–Trinajstić information content (AvgIpc) is 2.40. The zero-order valence-corrected chi connectivity index (χ0v) is 16.1. The number of carbonyl (C=O) groups is 2. The highest BCUT2D eigenvalue weighted by molar-refractivity contribution is 8.01. The highest BCUT2D eigenvalue weighted by Gasteiger charge is 2.30. The van der Waals surface area contributed by atoms with Crippen molar-refractivity contribution in [2.24, 2.45) is 0 Å². The lowest BCUT2D eigenvalue weighted by Crippen LogP contribution is -2.27. The molecule has 0 aliphatic carbocycles. The molecule has 1 aromatic rings. The van der Waals surface area contributed by atoms with Crippen LogP contribution in [-0.4, -0.2) is 36.4 Å². The molecule has 0 radical (unpaired) electrons. The topological polar surface area (TPSA) is 83.8 Å².